The molecule has 0 aromatic carbocycles. The lowest BCUT2D eigenvalue weighted by Gasteiger charge is -2.14. The van der Waals surface area contributed by atoms with E-state index < -0.39 is 0 Å². The molecule has 0 saturated heterocycles. The summed E-state index contributed by atoms with van der Waals surface area (Å²) >= 11 is 0. The summed E-state index contributed by atoms with van der Waals surface area (Å²) < 4.78 is 0. The molecule has 2 N–H and O–H groups in total. The van der Waals surface area contributed by atoms with Gasteiger partial charge in [0, 0.05) is 6.42 Å². The van der Waals surface area contributed by atoms with Gasteiger partial charge in [-0.25, -0.2) is 0 Å². The molecule has 0 aromatic heterocycles. The van der Waals surface area contributed by atoms with Crippen molar-refractivity contribution in [3.63, 3.8) is 0 Å². The van der Waals surface area contributed by atoms with Crippen molar-refractivity contribution in [2.45, 2.75) is 58.8 Å². The van der Waals surface area contributed by atoms with Crippen molar-refractivity contribution >= 4 is 5.91 Å². The molecule has 2 heteroatoms. The molecule has 88 valence electrons. The van der Waals surface area contributed by atoms with Crippen LogP contribution in [-0.2, 0) is 4.79 Å². The Balaban J connectivity index is 3.66. The van der Waals surface area contributed by atoms with E-state index in [1.807, 2.05) is 0 Å². The van der Waals surface area contributed by atoms with E-state index in [9.17, 15) is 4.79 Å². The van der Waals surface area contributed by atoms with E-state index in [1.165, 1.54) is 25.7 Å². The molecule has 1 atom stereocenters. The summed E-state index contributed by atoms with van der Waals surface area (Å²) in [6.45, 7) is 4.25. The summed E-state index contributed by atoms with van der Waals surface area (Å²) in [5, 5.41) is 0. The number of hydrogen-bond acceptors (Lipinski definition) is 1. The SMILES string of the molecule is CC=CCCCC(CCC)CCC(N)=O. The summed E-state index contributed by atoms with van der Waals surface area (Å²) in [5.41, 5.74) is 5.16. The zero-order valence-electron chi connectivity index (χ0n) is 10.2. The number of hydrogen-bond donors (Lipinski definition) is 1. The monoisotopic (exact) mass is 211 g/mol. The number of carbonyl (C=O) groups is 1. The first-order valence-corrected chi connectivity index (χ1v) is 6.10. The first kappa shape index (κ1) is 14.2. The number of primary amides is 1. The molecule has 1 amide bonds. The number of nitrogens with two attached hydrogens (primary N) is 1. The van der Waals surface area contributed by atoms with Crippen LogP contribution in [0.3, 0.4) is 0 Å². The topological polar surface area (TPSA) is 43.1 Å². The van der Waals surface area contributed by atoms with Gasteiger partial charge in [0.1, 0.15) is 0 Å². The molecular formula is C13H25NO. The Morgan fingerprint density at radius 3 is 2.60 bits per heavy atom. The molecule has 0 radical (unpaired) electrons. The minimum atomic E-state index is -0.162. The van der Waals surface area contributed by atoms with Gasteiger partial charge >= 0.3 is 0 Å². The highest BCUT2D eigenvalue weighted by molar-refractivity contribution is 5.73. The van der Waals surface area contributed by atoms with Gasteiger partial charge in [0.05, 0.1) is 0 Å². The summed E-state index contributed by atoms with van der Waals surface area (Å²) in [7, 11) is 0. The second-order valence-electron chi connectivity index (χ2n) is 4.16. The van der Waals surface area contributed by atoms with E-state index in [1.54, 1.807) is 0 Å². The van der Waals surface area contributed by atoms with Crippen molar-refractivity contribution in [3.05, 3.63) is 12.2 Å². The standard InChI is InChI=1S/C13H25NO/c1-3-5-6-7-9-12(8-4-2)10-11-13(14)15/h3,5,12H,4,6-11H2,1-2H3,(H2,14,15). The van der Waals surface area contributed by atoms with Crippen LogP contribution >= 0.6 is 0 Å². The van der Waals surface area contributed by atoms with Crippen LogP contribution < -0.4 is 5.73 Å². The number of allylic oxidation sites excluding steroid dienone is 2. The molecule has 0 heterocycles. The summed E-state index contributed by atoms with van der Waals surface area (Å²) in [6, 6.07) is 0. The highest BCUT2D eigenvalue weighted by Crippen LogP contribution is 2.20. The average Bonchev–Trinajstić information content (AvgIpc) is 2.20. The third-order valence-electron chi connectivity index (χ3n) is 2.71. The minimum absolute atomic E-state index is 0.162. The normalized spacial score (nSPS) is 13.2. The molecule has 0 aromatic rings. The predicted octanol–water partition coefficient (Wildman–Crippen LogP) is 3.41. The van der Waals surface area contributed by atoms with Gasteiger partial charge in [-0.05, 0) is 32.1 Å². The second-order valence-corrected chi connectivity index (χ2v) is 4.16. The molecule has 0 rings (SSSR count). The van der Waals surface area contributed by atoms with E-state index in [0.29, 0.717) is 12.3 Å². The minimum Gasteiger partial charge on any atom is -0.370 e. The van der Waals surface area contributed by atoms with Gasteiger partial charge in [-0.3, -0.25) is 4.79 Å². The van der Waals surface area contributed by atoms with Crippen LogP contribution in [0.2, 0.25) is 0 Å². The molecule has 0 saturated carbocycles. The van der Waals surface area contributed by atoms with Gasteiger partial charge in [-0.1, -0.05) is 38.3 Å². The Labute approximate surface area is 93.9 Å². The van der Waals surface area contributed by atoms with Gasteiger partial charge in [0.2, 0.25) is 5.91 Å². The van der Waals surface area contributed by atoms with E-state index in [2.05, 4.69) is 26.0 Å². The van der Waals surface area contributed by atoms with Gasteiger partial charge in [0.15, 0.2) is 0 Å². The van der Waals surface area contributed by atoms with Crippen LogP contribution in [0, 0.1) is 5.92 Å². The molecule has 0 fully saturated rings. The highest BCUT2D eigenvalue weighted by atomic mass is 16.1. The molecule has 0 aliphatic carbocycles. The quantitative estimate of drug-likeness (QED) is 0.461. The third-order valence-corrected chi connectivity index (χ3v) is 2.71. The van der Waals surface area contributed by atoms with E-state index in [-0.39, 0.29) is 5.91 Å². The molecule has 0 aliphatic heterocycles. The van der Waals surface area contributed by atoms with Crippen LogP contribution in [-0.4, -0.2) is 5.91 Å². The number of rotatable bonds is 9. The fraction of sp³-hybridized carbons (Fsp3) is 0.769. The van der Waals surface area contributed by atoms with E-state index in [4.69, 9.17) is 5.73 Å². The molecule has 0 bridgehead atoms. The van der Waals surface area contributed by atoms with Crippen molar-refractivity contribution in [1.82, 2.24) is 0 Å². The largest absolute Gasteiger partial charge is 0.370 e. The maximum absolute atomic E-state index is 10.7. The van der Waals surface area contributed by atoms with Crippen LogP contribution in [0.25, 0.3) is 0 Å². The van der Waals surface area contributed by atoms with Gasteiger partial charge in [-0.2, -0.15) is 0 Å². The number of amides is 1. The number of unbranched alkanes of at least 4 members (excludes halogenated alkanes) is 1. The Hall–Kier alpha value is -0.790. The summed E-state index contributed by atoms with van der Waals surface area (Å²) in [4.78, 5) is 10.7. The smallest absolute Gasteiger partial charge is 0.217 e. The van der Waals surface area contributed by atoms with Crippen LogP contribution in [0.4, 0.5) is 0 Å². The lowest BCUT2D eigenvalue weighted by molar-refractivity contribution is -0.118. The Morgan fingerprint density at radius 2 is 2.07 bits per heavy atom. The first-order chi connectivity index (χ1) is 7.20. The molecule has 1 unspecified atom stereocenters. The maximum Gasteiger partial charge on any atom is 0.217 e. The Kier molecular flexibility index (Phi) is 9.24. The lowest BCUT2D eigenvalue weighted by atomic mass is 9.92. The fourth-order valence-electron chi connectivity index (χ4n) is 1.88. The van der Waals surface area contributed by atoms with Gasteiger partial charge in [-0.15, -0.1) is 0 Å². The summed E-state index contributed by atoms with van der Waals surface area (Å²) in [6.07, 6.45) is 11.9. The first-order valence-electron chi connectivity index (χ1n) is 6.10. The van der Waals surface area contributed by atoms with Gasteiger partial charge in [0.25, 0.3) is 0 Å². The molecule has 0 spiro atoms. The zero-order valence-corrected chi connectivity index (χ0v) is 10.2. The molecule has 0 aliphatic rings. The Bertz CT molecular complexity index is 187. The third kappa shape index (κ3) is 9.51. The molecule has 15 heavy (non-hydrogen) atoms. The second kappa shape index (κ2) is 9.75. The van der Waals surface area contributed by atoms with Crippen molar-refractivity contribution in [1.29, 1.82) is 0 Å². The fourth-order valence-corrected chi connectivity index (χ4v) is 1.88. The Morgan fingerprint density at radius 1 is 1.33 bits per heavy atom. The lowest BCUT2D eigenvalue weighted by Crippen LogP contribution is -2.12. The van der Waals surface area contributed by atoms with Crippen LogP contribution in [0.1, 0.15) is 58.8 Å². The number of carbonyl (C=O) groups excluding carboxylic acids is 1. The van der Waals surface area contributed by atoms with Crippen molar-refractivity contribution in [3.8, 4) is 0 Å². The summed E-state index contributed by atoms with van der Waals surface area (Å²) in [5.74, 6) is 0.525. The van der Waals surface area contributed by atoms with Crippen molar-refractivity contribution < 1.29 is 4.79 Å². The maximum atomic E-state index is 10.7. The average molecular weight is 211 g/mol. The van der Waals surface area contributed by atoms with E-state index >= 15 is 0 Å². The van der Waals surface area contributed by atoms with E-state index in [0.717, 1.165) is 12.8 Å². The van der Waals surface area contributed by atoms with Crippen LogP contribution in [0.15, 0.2) is 12.2 Å². The molecule has 2 nitrogen and oxygen atoms in total. The van der Waals surface area contributed by atoms with Gasteiger partial charge < -0.3 is 5.73 Å². The predicted molar refractivity (Wildman–Crippen MR) is 65.5 cm³/mol. The molecular weight excluding hydrogens is 186 g/mol. The van der Waals surface area contributed by atoms with Crippen LogP contribution in [0.5, 0.6) is 0 Å². The van der Waals surface area contributed by atoms with Crippen molar-refractivity contribution in [2.75, 3.05) is 0 Å². The zero-order chi connectivity index (χ0) is 11.5. The van der Waals surface area contributed by atoms with Crippen molar-refractivity contribution in [2.24, 2.45) is 11.7 Å². The highest BCUT2D eigenvalue weighted by Gasteiger charge is 2.08.